The number of benzene rings is 1. The fourth-order valence-electron chi connectivity index (χ4n) is 1.11. The summed E-state index contributed by atoms with van der Waals surface area (Å²) < 4.78 is 0. The predicted molar refractivity (Wildman–Crippen MR) is 64.5 cm³/mol. The van der Waals surface area contributed by atoms with E-state index < -0.39 is 5.60 Å². The molecule has 4 N–H and O–H groups in total. The lowest BCUT2D eigenvalue weighted by atomic mass is 10.1. The highest BCUT2D eigenvalue weighted by Gasteiger charge is 2.16. The summed E-state index contributed by atoms with van der Waals surface area (Å²) >= 11 is 5.87. The van der Waals surface area contributed by atoms with Crippen molar-refractivity contribution in [2.75, 3.05) is 12.3 Å². The minimum atomic E-state index is -0.948. The first-order valence-corrected chi connectivity index (χ1v) is 5.23. The standard InChI is InChI=1S/C11H15ClN2O2/c1-11(2,16)6-14-10(15)8-4-3-7(13)5-9(8)12/h3-5,16H,6,13H2,1-2H3,(H,14,15). The topological polar surface area (TPSA) is 75.3 Å². The zero-order chi connectivity index (χ0) is 12.3. The fraction of sp³-hybridized carbons (Fsp3) is 0.364. The molecular weight excluding hydrogens is 228 g/mol. The third kappa shape index (κ3) is 3.72. The molecule has 16 heavy (non-hydrogen) atoms. The summed E-state index contributed by atoms with van der Waals surface area (Å²) in [6, 6.07) is 4.67. The number of hydrogen-bond acceptors (Lipinski definition) is 3. The van der Waals surface area contributed by atoms with E-state index in [4.69, 9.17) is 17.3 Å². The van der Waals surface area contributed by atoms with Crippen LogP contribution in [0.4, 0.5) is 5.69 Å². The van der Waals surface area contributed by atoms with Crippen molar-refractivity contribution in [2.24, 2.45) is 0 Å². The van der Waals surface area contributed by atoms with Crippen LogP contribution in [0.2, 0.25) is 5.02 Å². The van der Waals surface area contributed by atoms with Crippen molar-refractivity contribution < 1.29 is 9.90 Å². The number of nitrogen functional groups attached to an aromatic ring is 1. The van der Waals surface area contributed by atoms with Gasteiger partial charge >= 0.3 is 0 Å². The quantitative estimate of drug-likeness (QED) is 0.702. The normalized spacial score (nSPS) is 11.2. The van der Waals surface area contributed by atoms with Crippen LogP contribution in [0.1, 0.15) is 24.2 Å². The van der Waals surface area contributed by atoms with Gasteiger partial charge in [0.2, 0.25) is 0 Å². The number of anilines is 1. The Kier molecular flexibility index (Phi) is 3.78. The number of carbonyl (C=O) groups excluding carboxylic acids is 1. The monoisotopic (exact) mass is 242 g/mol. The van der Waals surface area contributed by atoms with Crippen LogP contribution in [-0.2, 0) is 0 Å². The maximum atomic E-state index is 11.7. The summed E-state index contributed by atoms with van der Waals surface area (Å²) in [7, 11) is 0. The van der Waals surface area contributed by atoms with E-state index in [1.54, 1.807) is 26.0 Å². The lowest BCUT2D eigenvalue weighted by Gasteiger charge is -2.17. The van der Waals surface area contributed by atoms with Crippen molar-refractivity contribution >= 4 is 23.2 Å². The third-order valence-electron chi connectivity index (χ3n) is 1.92. The second-order valence-electron chi connectivity index (χ2n) is 4.23. The summed E-state index contributed by atoms with van der Waals surface area (Å²) in [5, 5.41) is 12.3. The number of rotatable bonds is 3. The van der Waals surface area contributed by atoms with Gasteiger partial charge in [-0.05, 0) is 32.0 Å². The maximum Gasteiger partial charge on any atom is 0.252 e. The van der Waals surface area contributed by atoms with Gasteiger partial charge < -0.3 is 16.2 Å². The Balaban J connectivity index is 2.74. The molecule has 1 aromatic rings. The van der Waals surface area contributed by atoms with Gasteiger partial charge in [-0.15, -0.1) is 0 Å². The molecule has 88 valence electrons. The van der Waals surface area contributed by atoms with Crippen LogP contribution in [0.3, 0.4) is 0 Å². The number of carbonyl (C=O) groups is 1. The molecule has 1 aromatic carbocycles. The van der Waals surface area contributed by atoms with Crippen molar-refractivity contribution in [1.29, 1.82) is 0 Å². The van der Waals surface area contributed by atoms with Gasteiger partial charge in [-0.1, -0.05) is 11.6 Å². The Hall–Kier alpha value is -1.26. The predicted octanol–water partition coefficient (Wildman–Crippen LogP) is 1.42. The smallest absolute Gasteiger partial charge is 0.252 e. The van der Waals surface area contributed by atoms with Gasteiger partial charge in [0.25, 0.3) is 5.91 Å². The molecule has 1 rings (SSSR count). The van der Waals surface area contributed by atoms with Gasteiger partial charge in [-0.3, -0.25) is 4.79 Å². The lowest BCUT2D eigenvalue weighted by molar-refractivity contribution is 0.0694. The molecule has 0 aliphatic rings. The van der Waals surface area contributed by atoms with E-state index in [-0.39, 0.29) is 12.5 Å². The first-order chi connectivity index (χ1) is 7.29. The van der Waals surface area contributed by atoms with E-state index in [2.05, 4.69) is 5.32 Å². The summed E-state index contributed by atoms with van der Waals surface area (Å²) in [4.78, 5) is 11.7. The van der Waals surface area contributed by atoms with Crippen molar-refractivity contribution in [3.05, 3.63) is 28.8 Å². The third-order valence-corrected chi connectivity index (χ3v) is 2.23. The zero-order valence-corrected chi connectivity index (χ0v) is 10.0. The van der Waals surface area contributed by atoms with Crippen LogP contribution in [0, 0.1) is 0 Å². The Morgan fingerprint density at radius 1 is 1.56 bits per heavy atom. The molecule has 0 unspecified atom stereocenters. The first-order valence-electron chi connectivity index (χ1n) is 4.85. The van der Waals surface area contributed by atoms with Crippen LogP contribution in [0.5, 0.6) is 0 Å². The molecule has 1 amide bonds. The van der Waals surface area contributed by atoms with Crippen molar-refractivity contribution in [1.82, 2.24) is 5.32 Å². The maximum absolute atomic E-state index is 11.7. The number of halogens is 1. The lowest BCUT2D eigenvalue weighted by Crippen LogP contribution is -2.38. The van der Waals surface area contributed by atoms with E-state index in [0.29, 0.717) is 16.3 Å². The number of nitrogens with one attached hydrogen (secondary N) is 1. The molecule has 0 heterocycles. The Labute approximate surface area is 99.4 Å². The number of hydrogen-bond donors (Lipinski definition) is 3. The molecule has 0 spiro atoms. The van der Waals surface area contributed by atoms with E-state index in [0.717, 1.165) is 0 Å². The molecule has 0 aliphatic carbocycles. The zero-order valence-electron chi connectivity index (χ0n) is 9.25. The van der Waals surface area contributed by atoms with Gasteiger partial charge in [-0.25, -0.2) is 0 Å². The number of amides is 1. The van der Waals surface area contributed by atoms with Crippen LogP contribution in [-0.4, -0.2) is 23.2 Å². The largest absolute Gasteiger partial charge is 0.399 e. The molecule has 0 bridgehead atoms. The fourth-order valence-corrected chi connectivity index (χ4v) is 1.38. The second kappa shape index (κ2) is 4.72. The highest BCUT2D eigenvalue weighted by atomic mass is 35.5. The molecule has 4 nitrogen and oxygen atoms in total. The van der Waals surface area contributed by atoms with E-state index >= 15 is 0 Å². The second-order valence-corrected chi connectivity index (χ2v) is 4.64. The molecule has 0 radical (unpaired) electrons. The van der Waals surface area contributed by atoms with Crippen LogP contribution >= 0.6 is 11.6 Å². The summed E-state index contributed by atoms with van der Waals surface area (Å²) in [5.74, 6) is -0.327. The van der Waals surface area contributed by atoms with E-state index in [1.807, 2.05) is 0 Å². The number of nitrogens with two attached hydrogens (primary N) is 1. The molecular formula is C11H15ClN2O2. The molecule has 0 atom stereocenters. The van der Waals surface area contributed by atoms with Crippen LogP contribution in [0.25, 0.3) is 0 Å². The first kappa shape index (κ1) is 12.8. The summed E-state index contributed by atoms with van der Waals surface area (Å²) in [6.07, 6.45) is 0. The molecule has 0 fully saturated rings. The van der Waals surface area contributed by atoms with Gasteiger partial charge in [0.15, 0.2) is 0 Å². The summed E-state index contributed by atoms with van der Waals surface area (Å²) in [6.45, 7) is 3.38. The van der Waals surface area contributed by atoms with Crippen molar-refractivity contribution in [3.8, 4) is 0 Å². The highest BCUT2D eigenvalue weighted by Crippen LogP contribution is 2.19. The molecule has 0 saturated heterocycles. The molecule has 0 saturated carbocycles. The van der Waals surface area contributed by atoms with Crippen LogP contribution in [0.15, 0.2) is 18.2 Å². The highest BCUT2D eigenvalue weighted by molar-refractivity contribution is 6.34. The van der Waals surface area contributed by atoms with Gasteiger partial charge in [0.1, 0.15) is 0 Å². The molecule has 0 aromatic heterocycles. The minimum absolute atomic E-state index is 0.159. The van der Waals surface area contributed by atoms with E-state index in [9.17, 15) is 9.90 Å². The Bertz CT molecular complexity index is 399. The molecule has 5 heteroatoms. The van der Waals surface area contributed by atoms with Gasteiger partial charge in [0, 0.05) is 12.2 Å². The summed E-state index contributed by atoms with van der Waals surface area (Å²) in [5.41, 5.74) is 5.42. The van der Waals surface area contributed by atoms with Crippen molar-refractivity contribution in [2.45, 2.75) is 19.4 Å². The number of aliphatic hydroxyl groups is 1. The SMILES string of the molecule is CC(C)(O)CNC(=O)c1ccc(N)cc1Cl. The average Bonchev–Trinajstić information content (AvgIpc) is 2.13. The van der Waals surface area contributed by atoms with Gasteiger partial charge in [0.05, 0.1) is 16.2 Å². The van der Waals surface area contributed by atoms with Crippen molar-refractivity contribution in [3.63, 3.8) is 0 Å². The van der Waals surface area contributed by atoms with E-state index in [1.165, 1.54) is 6.07 Å². The average molecular weight is 243 g/mol. The van der Waals surface area contributed by atoms with Crippen LogP contribution < -0.4 is 11.1 Å². The Morgan fingerprint density at radius 2 is 2.19 bits per heavy atom. The molecule has 0 aliphatic heterocycles. The Morgan fingerprint density at radius 3 is 2.69 bits per heavy atom. The minimum Gasteiger partial charge on any atom is -0.399 e. The van der Waals surface area contributed by atoms with Gasteiger partial charge in [-0.2, -0.15) is 0 Å².